The van der Waals surface area contributed by atoms with Gasteiger partial charge in [0.05, 0.1) is 4.88 Å². The molecule has 0 aliphatic rings. The van der Waals surface area contributed by atoms with E-state index in [1.165, 1.54) is 18.3 Å². The molecule has 2 rings (SSSR count). The van der Waals surface area contributed by atoms with Crippen LogP contribution in [0.4, 0.5) is 5.69 Å². The molecule has 2 aromatic rings. The molecule has 1 heterocycles. The van der Waals surface area contributed by atoms with Gasteiger partial charge in [0.2, 0.25) is 0 Å². The first-order valence-electron chi connectivity index (χ1n) is 7.34. The van der Waals surface area contributed by atoms with E-state index in [0.717, 1.165) is 5.56 Å². The number of hydrogen-bond acceptors (Lipinski definition) is 5. The predicted molar refractivity (Wildman–Crippen MR) is 92.0 cm³/mol. The summed E-state index contributed by atoms with van der Waals surface area (Å²) >= 11 is 1.28. The van der Waals surface area contributed by atoms with Crippen LogP contribution in [0.15, 0.2) is 41.8 Å². The highest BCUT2D eigenvalue weighted by atomic mass is 32.1. The predicted octanol–water partition coefficient (Wildman–Crippen LogP) is 2.36. The lowest BCUT2D eigenvalue weighted by molar-refractivity contribution is -0.152. The smallest absolute Gasteiger partial charge is 0.326 e. The van der Waals surface area contributed by atoms with Crippen molar-refractivity contribution in [2.75, 3.05) is 11.9 Å². The minimum Gasteiger partial charge on any atom is -0.451 e. The number of anilines is 1. The fraction of sp³-hybridized carbons (Fsp3) is 0.235. The van der Waals surface area contributed by atoms with Crippen molar-refractivity contribution in [1.82, 2.24) is 5.32 Å². The molecule has 1 atom stereocenters. The summed E-state index contributed by atoms with van der Waals surface area (Å²) in [6.45, 7) is 3.13. The van der Waals surface area contributed by atoms with Crippen molar-refractivity contribution in [2.45, 2.75) is 20.0 Å². The van der Waals surface area contributed by atoms with Gasteiger partial charge in [-0.1, -0.05) is 23.8 Å². The SMILES string of the molecule is Cc1ccc(NC(=O)[C@@H](C)OC(=O)CNC(=O)c2cccs2)cc1. The number of carbonyl (C=O) groups excluding carboxylic acids is 3. The first-order valence-corrected chi connectivity index (χ1v) is 8.22. The highest BCUT2D eigenvalue weighted by Crippen LogP contribution is 2.10. The van der Waals surface area contributed by atoms with Gasteiger partial charge in [-0.15, -0.1) is 11.3 Å². The van der Waals surface area contributed by atoms with Crippen molar-refractivity contribution >= 4 is 34.8 Å². The van der Waals surface area contributed by atoms with Gasteiger partial charge in [-0.05, 0) is 37.4 Å². The molecular weight excluding hydrogens is 328 g/mol. The van der Waals surface area contributed by atoms with E-state index in [-0.39, 0.29) is 12.5 Å². The number of aryl methyl sites for hydroxylation is 1. The third-order valence-corrected chi connectivity index (χ3v) is 4.00. The second kappa shape index (κ2) is 8.26. The summed E-state index contributed by atoms with van der Waals surface area (Å²) in [5, 5.41) is 6.88. The number of thiophene rings is 1. The summed E-state index contributed by atoms with van der Waals surface area (Å²) in [7, 11) is 0. The maximum Gasteiger partial charge on any atom is 0.326 e. The lowest BCUT2D eigenvalue weighted by Crippen LogP contribution is -2.35. The van der Waals surface area contributed by atoms with E-state index >= 15 is 0 Å². The normalized spacial score (nSPS) is 11.4. The molecule has 0 unspecified atom stereocenters. The van der Waals surface area contributed by atoms with E-state index < -0.39 is 18.0 Å². The second-order valence-corrected chi connectivity index (χ2v) is 6.10. The van der Waals surface area contributed by atoms with Gasteiger partial charge < -0.3 is 15.4 Å². The Labute approximate surface area is 143 Å². The molecule has 0 saturated carbocycles. The van der Waals surface area contributed by atoms with Gasteiger partial charge in [0, 0.05) is 5.69 Å². The molecule has 6 nitrogen and oxygen atoms in total. The van der Waals surface area contributed by atoms with E-state index in [1.807, 2.05) is 19.1 Å². The zero-order valence-corrected chi connectivity index (χ0v) is 14.2. The van der Waals surface area contributed by atoms with E-state index in [9.17, 15) is 14.4 Å². The zero-order chi connectivity index (χ0) is 17.5. The maximum atomic E-state index is 12.0. The molecule has 0 fully saturated rings. The van der Waals surface area contributed by atoms with Crippen molar-refractivity contribution in [1.29, 1.82) is 0 Å². The van der Waals surface area contributed by atoms with Crippen molar-refractivity contribution < 1.29 is 19.1 Å². The topological polar surface area (TPSA) is 84.5 Å². The van der Waals surface area contributed by atoms with Crippen LogP contribution in [0.5, 0.6) is 0 Å². The van der Waals surface area contributed by atoms with Crippen molar-refractivity contribution in [3.05, 3.63) is 52.2 Å². The lowest BCUT2D eigenvalue weighted by atomic mass is 10.2. The van der Waals surface area contributed by atoms with Crippen LogP contribution in [0.2, 0.25) is 0 Å². The molecule has 1 aromatic heterocycles. The Hall–Kier alpha value is -2.67. The molecule has 0 bridgehead atoms. The monoisotopic (exact) mass is 346 g/mol. The third-order valence-electron chi connectivity index (χ3n) is 3.13. The first kappa shape index (κ1) is 17.7. The van der Waals surface area contributed by atoms with Gasteiger partial charge in [0.25, 0.3) is 11.8 Å². The molecule has 2 N–H and O–H groups in total. The van der Waals surface area contributed by atoms with Crippen molar-refractivity contribution in [3.8, 4) is 0 Å². The first-order chi connectivity index (χ1) is 11.5. The van der Waals surface area contributed by atoms with Crippen LogP contribution >= 0.6 is 11.3 Å². The van der Waals surface area contributed by atoms with E-state index in [4.69, 9.17) is 4.74 Å². The summed E-state index contributed by atoms with van der Waals surface area (Å²) in [6.07, 6.45) is -0.961. The van der Waals surface area contributed by atoms with Crippen LogP contribution in [-0.4, -0.2) is 30.4 Å². The van der Waals surface area contributed by atoms with Crippen LogP contribution in [0, 0.1) is 6.92 Å². The van der Waals surface area contributed by atoms with Crippen LogP contribution < -0.4 is 10.6 Å². The second-order valence-electron chi connectivity index (χ2n) is 5.15. The molecule has 1 aromatic carbocycles. The van der Waals surface area contributed by atoms with E-state index in [1.54, 1.807) is 29.6 Å². The zero-order valence-electron chi connectivity index (χ0n) is 13.4. The maximum absolute atomic E-state index is 12.0. The van der Waals surface area contributed by atoms with Gasteiger partial charge in [0.1, 0.15) is 6.54 Å². The number of hydrogen-bond donors (Lipinski definition) is 2. The number of carbonyl (C=O) groups is 3. The van der Waals surface area contributed by atoms with E-state index in [2.05, 4.69) is 10.6 Å². The molecule has 2 amide bonds. The number of nitrogens with one attached hydrogen (secondary N) is 2. The van der Waals surface area contributed by atoms with Crippen LogP contribution in [0.25, 0.3) is 0 Å². The Morgan fingerprint density at radius 1 is 1.17 bits per heavy atom. The van der Waals surface area contributed by atoms with Gasteiger partial charge in [-0.3, -0.25) is 14.4 Å². The molecule has 0 aliphatic carbocycles. The Bertz CT molecular complexity index is 711. The number of esters is 1. The van der Waals surface area contributed by atoms with E-state index in [0.29, 0.717) is 10.6 Å². The van der Waals surface area contributed by atoms with Crippen molar-refractivity contribution in [2.24, 2.45) is 0 Å². The minimum absolute atomic E-state index is 0.293. The number of benzene rings is 1. The summed E-state index contributed by atoms with van der Waals surface area (Å²) < 4.78 is 5.01. The highest BCUT2D eigenvalue weighted by molar-refractivity contribution is 7.12. The Morgan fingerprint density at radius 2 is 1.88 bits per heavy atom. The standard InChI is InChI=1S/C17H18N2O4S/c1-11-5-7-13(8-6-11)19-16(21)12(2)23-15(20)10-18-17(22)14-4-3-9-24-14/h3-9,12H,10H2,1-2H3,(H,18,22)(H,19,21)/t12-/m1/s1. The summed E-state index contributed by atoms with van der Waals surface area (Å²) in [5.41, 5.74) is 1.70. The van der Waals surface area contributed by atoms with Gasteiger partial charge in [-0.2, -0.15) is 0 Å². The highest BCUT2D eigenvalue weighted by Gasteiger charge is 2.18. The Morgan fingerprint density at radius 3 is 2.50 bits per heavy atom. The van der Waals surface area contributed by atoms with Crippen molar-refractivity contribution in [3.63, 3.8) is 0 Å². The lowest BCUT2D eigenvalue weighted by Gasteiger charge is -2.14. The molecule has 0 saturated heterocycles. The number of amides is 2. The van der Waals surface area contributed by atoms with Crippen LogP contribution in [0.1, 0.15) is 22.2 Å². The Kier molecular flexibility index (Phi) is 6.08. The summed E-state index contributed by atoms with van der Waals surface area (Å²) in [5.74, 6) is -1.46. The molecular formula is C17H18N2O4S. The molecule has 0 radical (unpaired) electrons. The molecule has 0 aliphatic heterocycles. The Balaban J connectivity index is 1.77. The fourth-order valence-corrected chi connectivity index (χ4v) is 2.46. The number of rotatable bonds is 6. The largest absolute Gasteiger partial charge is 0.451 e. The molecule has 0 spiro atoms. The molecule has 24 heavy (non-hydrogen) atoms. The minimum atomic E-state index is -0.961. The molecule has 7 heteroatoms. The van der Waals surface area contributed by atoms with Crippen LogP contribution in [-0.2, 0) is 14.3 Å². The quantitative estimate of drug-likeness (QED) is 0.787. The molecule has 126 valence electrons. The van der Waals surface area contributed by atoms with Gasteiger partial charge >= 0.3 is 5.97 Å². The van der Waals surface area contributed by atoms with Gasteiger partial charge in [-0.25, -0.2) is 0 Å². The summed E-state index contributed by atoms with van der Waals surface area (Å²) in [6, 6.07) is 10.7. The van der Waals surface area contributed by atoms with Crippen LogP contribution in [0.3, 0.4) is 0 Å². The average Bonchev–Trinajstić information content (AvgIpc) is 3.09. The van der Waals surface area contributed by atoms with Gasteiger partial charge in [0.15, 0.2) is 6.10 Å². The average molecular weight is 346 g/mol. The summed E-state index contributed by atoms with van der Waals surface area (Å²) in [4.78, 5) is 35.9. The third kappa shape index (κ3) is 5.20. The fourth-order valence-electron chi connectivity index (χ4n) is 1.82. The number of ether oxygens (including phenoxy) is 1.